The number of nitrogens with zero attached hydrogens (tertiary/aromatic N) is 3. The van der Waals surface area contributed by atoms with Gasteiger partial charge in [-0.15, -0.1) is 0 Å². The molecule has 0 amide bonds. The zero-order chi connectivity index (χ0) is 37.5. The minimum Gasteiger partial charge on any atom is -0.455 e. The van der Waals surface area contributed by atoms with Crippen LogP contribution in [0.4, 0.5) is 0 Å². The van der Waals surface area contributed by atoms with Crippen LogP contribution in [-0.4, -0.2) is 15.0 Å². The van der Waals surface area contributed by atoms with Crippen molar-refractivity contribution >= 4 is 75.8 Å². The molecule has 4 nitrogen and oxygen atoms in total. The lowest BCUT2D eigenvalue weighted by atomic mass is 9.94. The van der Waals surface area contributed by atoms with E-state index in [1.54, 1.807) is 0 Å². The van der Waals surface area contributed by atoms with Crippen molar-refractivity contribution in [3.63, 3.8) is 0 Å². The van der Waals surface area contributed by atoms with E-state index in [9.17, 15) is 0 Å². The normalized spacial score (nSPS) is 11.9. The van der Waals surface area contributed by atoms with Gasteiger partial charge in [-0.1, -0.05) is 158 Å². The maximum absolute atomic E-state index is 6.76. The first kappa shape index (κ1) is 31.6. The average molecular weight is 726 g/mol. The molecule has 4 heteroatoms. The maximum Gasteiger partial charge on any atom is 0.164 e. The van der Waals surface area contributed by atoms with Gasteiger partial charge in [0.1, 0.15) is 11.2 Å². The van der Waals surface area contributed by atoms with Crippen molar-refractivity contribution in [1.82, 2.24) is 15.0 Å². The van der Waals surface area contributed by atoms with Gasteiger partial charge in [-0.3, -0.25) is 0 Å². The number of hydrogen-bond donors (Lipinski definition) is 0. The molecule has 57 heavy (non-hydrogen) atoms. The van der Waals surface area contributed by atoms with Crippen LogP contribution in [0.5, 0.6) is 0 Å². The highest BCUT2D eigenvalue weighted by Crippen LogP contribution is 2.41. The van der Waals surface area contributed by atoms with E-state index < -0.39 is 0 Å². The number of aromatic nitrogens is 3. The van der Waals surface area contributed by atoms with Crippen LogP contribution in [-0.2, 0) is 0 Å². The molecular weight excluding hydrogens is 695 g/mol. The third-order valence-corrected chi connectivity index (χ3v) is 11.5. The summed E-state index contributed by atoms with van der Waals surface area (Å²) in [4.78, 5) is 15.2. The molecule has 12 rings (SSSR count). The molecule has 0 aliphatic rings. The maximum atomic E-state index is 6.76. The lowest BCUT2D eigenvalue weighted by Gasteiger charge is -2.11. The lowest BCUT2D eigenvalue weighted by molar-refractivity contribution is 0.673. The molecule has 0 atom stereocenters. The molecule has 10 aromatic carbocycles. The molecule has 0 N–H and O–H groups in total. The second-order valence-corrected chi connectivity index (χ2v) is 14.8. The highest BCUT2D eigenvalue weighted by atomic mass is 16.3. The van der Waals surface area contributed by atoms with Gasteiger partial charge in [0.2, 0.25) is 0 Å². The summed E-state index contributed by atoms with van der Waals surface area (Å²) in [5, 5.41) is 14.1. The Morgan fingerprint density at radius 3 is 1.60 bits per heavy atom. The zero-order valence-electron chi connectivity index (χ0n) is 30.6. The van der Waals surface area contributed by atoms with E-state index in [2.05, 4.69) is 158 Å². The molecule has 2 aromatic heterocycles. The standard InChI is InChI=1S/C53H31N3O/c1-2-12-34(13-3-1)51-54-52(38-22-24-41-36(29-38)21-26-43-40-15-7-6-11-33(40)20-25-44(41)43)56-53(55-51)39-23-27-45-48-31-47(37-19-18-32-10-4-5-14-35(32)28-37)42-16-8-9-17-46(42)50(48)57-49(45)30-39/h1-31H. The van der Waals surface area contributed by atoms with Gasteiger partial charge in [0, 0.05) is 32.8 Å². The Labute approximate surface area is 327 Å². The third kappa shape index (κ3) is 5.12. The smallest absolute Gasteiger partial charge is 0.164 e. The second-order valence-electron chi connectivity index (χ2n) is 14.8. The Morgan fingerprint density at radius 2 is 0.807 bits per heavy atom. The van der Waals surface area contributed by atoms with E-state index in [4.69, 9.17) is 19.4 Å². The molecular formula is C53H31N3O. The highest BCUT2D eigenvalue weighted by Gasteiger charge is 2.18. The fraction of sp³-hybridized carbons (Fsp3) is 0. The first-order valence-electron chi connectivity index (χ1n) is 19.3. The van der Waals surface area contributed by atoms with Gasteiger partial charge in [-0.2, -0.15) is 0 Å². The van der Waals surface area contributed by atoms with E-state index in [0.29, 0.717) is 17.5 Å². The van der Waals surface area contributed by atoms with Gasteiger partial charge in [-0.05, 0) is 89.9 Å². The molecule has 0 radical (unpaired) electrons. The summed E-state index contributed by atoms with van der Waals surface area (Å²) in [7, 11) is 0. The number of hydrogen-bond acceptors (Lipinski definition) is 4. The number of fused-ring (bicyclic) bond motifs is 11. The largest absolute Gasteiger partial charge is 0.455 e. The SMILES string of the molecule is c1ccc(-c2nc(-c3ccc4c(ccc5c6ccccc6ccc45)c3)nc(-c3ccc4c(c3)oc3c5ccccc5c(-c5ccc6ccccc6c5)cc43)n2)cc1. The van der Waals surface area contributed by atoms with Gasteiger partial charge in [0.25, 0.3) is 0 Å². The Morgan fingerprint density at radius 1 is 0.281 bits per heavy atom. The summed E-state index contributed by atoms with van der Waals surface area (Å²) in [6, 6.07) is 66.4. The van der Waals surface area contributed by atoms with Crippen LogP contribution < -0.4 is 0 Å². The van der Waals surface area contributed by atoms with E-state index in [1.165, 1.54) is 48.8 Å². The van der Waals surface area contributed by atoms with Gasteiger partial charge in [-0.25, -0.2) is 15.0 Å². The number of furan rings is 1. The van der Waals surface area contributed by atoms with Gasteiger partial charge in [0.05, 0.1) is 0 Å². The summed E-state index contributed by atoms with van der Waals surface area (Å²) in [5.41, 5.74) is 6.75. The molecule has 0 spiro atoms. The molecule has 0 saturated carbocycles. The Bertz CT molecular complexity index is 3590. The van der Waals surface area contributed by atoms with Gasteiger partial charge >= 0.3 is 0 Å². The fourth-order valence-corrected chi connectivity index (χ4v) is 8.65. The van der Waals surface area contributed by atoms with E-state index in [0.717, 1.165) is 54.8 Å². The van der Waals surface area contributed by atoms with Gasteiger partial charge < -0.3 is 4.42 Å². The van der Waals surface area contributed by atoms with Gasteiger partial charge in [0.15, 0.2) is 17.5 Å². The molecule has 0 fully saturated rings. The minimum absolute atomic E-state index is 0.591. The predicted octanol–water partition coefficient (Wildman–Crippen LogP) is 14.2. The van der Waals surface area contributed by atoms with Crippen molar-refractivity contribution in [2.24, 2.45) is 0 Å². The molecule has 0 bridgehead atoms. The summed E-state index contributed by atoms with van der Waals surface area (Å²) in [5.74, 6) is 1.83. The number of benzene rings is 10. The van der Waals surface area contributed by atoms with Crippen molar-refractivity contribution in [2.75, 3.05) is 0 Å². The molecule has 0 aliphatic heterocycles. The molecule has 12 aromatic rings. The van der Waals surface area contributed by atoms with Crippen LogP contribution in [0.15, 0.2) is 192 Å². The highest BCUT2D eigenvalue weighted by molar-refractivity contribution is 6.20. The van der Waals surface area contributed by atoms with Crippen LogP contribution >= 0.6 is 0 Å². The lowest BCUT2D eigenvalue weighted by Crippen LogP contribution is -2.00. The summed E-state index contributed by atoms with van der Waals surface area (Å²) < 4.78 is 6.76. The Hall–Kier alpha value is -7.69. The summed E-state index contributed by atoms with van der Waals surface area (Å²) in [6.45, 7) is 0. The number of rotatable bonds is 4. The third-order valence-electron chi connectivity index (χ3n) is 11.5. The Balaban J connectivity index is 1.01. The topological polar surface area (TPSA) is 51.8 Å². The summed E-state index contributed by atoms with van der Waals surface area (Å²) in [6.07, 6.45) is 0. The second kappa shape index (κ2) is 12.4. The van der Waals surface area contributed by atoms with Crippen LogP contribution in [0.2, 0.25) is 0 Å². The zero-order valence-corrected chi connectivity index (χ0v) is 30.6. The molecule has 264 valence electrons. The van der Waals surface area contributed by atoms with Crippen LogP contribution in [0, 0.1) is 0 Å². The van der Waals surface area contributed by atoms with Crippen LogP contribution in [0.3, 0.4) is 0 Å². The minimum atomic E-state index is 0.591. The van der Waals surface area contributed by atoms with E-state index >= 15 is 0 Å². The van der Waals surface area contributed by atoms with E-state index in [1.807, 2.05) is 30.3 Å². The monoisotopic (exact) mass is 725 g/mol. The van der Waals surface area contributed by atoms with Crippen molar-refractivity contribution in [1.29, 1.82) is 0 Å². The summed E-state index contributed by atoms with van der Waals surface area (Å²) >= 11 is 0. The average Bonchev–Trinajstić information content (AvgIpc) is 3.66. The van der Waals surface area contributed by atoms with Crippen molar-refractivity contribution in [3.05, 3.63) is 188 Å². The van der Waals surface area contributed by atoms with Crippen LogP contribution in [0.1, 0.15) is 0 Å². The fourth-order valence-electron chi connectivity index (χ4n) is 8.65. The van der Waals surface area contributed by atoms with Crippen molar-refractivity contribution in [3.8, 4) is 45.3 Å². The van der Waals surface area contributed by atoms with Crippen LogP contribution in [0.25, 0.3) is 121 Å². The molecule has 0 unspecified atom stereocenters. The quantitative estimate of drug-likeness (QED) is 0.170. The van der Waals surface area contributed by atoms with E-state index in [-0.39, 0.29) is 0 Å². The molecule has 0 saturated heterocycles. The first-order chi connectivity index (χ1) is 28.2. The molecule has 0 aliphatic carbocycles. The van der Waals surface area contributed by atoms with Crippen molar-refractivity contribution in [2.45, 2.75) is 0 Å². The first-order valence-corrected chi connectivity index (χ1v) is 19.3. The predicted molar refractivity (Wildman–Crippen MR) is 236 cm³/mol. The Kier molecular flexibility index (Phi) is 6.89. The van der Waals surface area contributed by atoms with Crippen molar-refractivity contribution < 1.29 is 4.42 Å². The molecule has 2 heterocycles.